The van der Waals surface area contributed by atoms with Crippen molar-refractivity contribution in [2.24, 2.45) is 5.92 Å². The van der Waals surface area contributed by atoms with E-state index in [1.165, 1.54) is 16.7 Å². The summed E-state index contributed by atoms with van der Waals surface area (Å²) in [5.41, 5.74) is 5.70. The van der Waals surface area contributed by atoms with Crippen molar-refractivity contribution in [1.29, 1.82) is 0 Å². The molecule has 0 unspecified atom stereocenters. The third-order valence-electron chi connectivity index (χ3n) is 7.57. The molecule has 3 aliphatic rings. The van der Waals surface area contributed by atoms with Gasteiger partial charge in [-0.3, -0.25) is 4.79 Å². The monoisotopic (exact) mass is 378 g/mol. The van der Waals surface area contributed by atoms with E-state index >= 15 is 0 Å². The van der Waals surface area contributed by atoms with E-state index in [0.29, 0.717) is 18.8 Å². The number of hydrogen-bond donors (Lipinski definition) is 3. The van der Waals surface area contributed by atoms with Crippen LogP contribution in [0.2, 0.25) is 0 Å². The van der Waals surface area contributed by atoms with Crippen molar-refractivity contribution in [1.82, 2.24) is 10.3 Å². The van der Waals surface area contributed by atoms with Gasteiger partial charge in [-0.15, -0.1) is 0 Å². The van der Waals surface area contributed by atoms with E-state index in [1.54, 1.807) is 0 Å². The van der Waals surface area contributed by atoms with E-state index in [-0.39, 0.29) is 17.2 Å². The Kier molecular flexibility index (Phi) is 3.91. The number of ketones is 1. The minimum absolute atomic E-state index is 0.0633. The second kappa shape index (κ2) is 6.04. The van der Waals surface area contributed by atoms with Crippen molar-refractivity contribution in [3.8, 4) is 0 Å². The Hall–Kier alpha value is -1.91. The quantitative estimate of drug-likeness (QED) is 0.719. The van der Waals surface area contributed by atoms with Crippen LogP contribution in [0.15, 0.2) is 24.3 Å². The highest BCUT2D eigenvalue weighted by molar-refractivity contribution is 5.96. The molecular formula is C24H30N2O2. The number of Topliss-reactive ketones (excluding diaryl/α,β-unsaturated/α-hetero) is 1. The summed E-state index contributed by atoms with van der Waals surface area (Å²) >= 11 is 0. The number of aromatic nitrogens is 1. The fraction of sp³-hybridized carbons (Fsp3) is 0.542. The average molecular weight is 379 g/mol. The van der Waals surface area contributed by atoms with Gasteiger partial charge in [0.15, 0.2) is 5.78 Å². The van der Waals surface area contributed by atoms with Crippen molar-refractivity contribution >= 4 is 5.78 Å². The highest BCUT2D eigenvalue weighted by atomic mass is 16.3. The molecule has 1 aliphatic heterocycles. The first-order valence-electron chi connectivity index (χ1n) is 10.6. The lowest BCUT2D eigenvalue weighted by atomic mass is 9.50. The van der Waals surface area contributed by atoms with Crippen LogP contribution in [0.25, 0.3) is 0 Å². The van der Waals surface area contributed by atoms with Crippen LogP contribution in [0.3, 0.4) is 0 Å². The fourth-order valence-electron chi connectivity index (χ4n) is 6.21. The van der Waals surface area contributed by atoms with Gasteiger partial charge >= 0.3 is 0 Å². The number of rotatable bonds is 3. The SMILES string of the molecule is Cc1c(C(=O)CC(C)C)[nH]c2c1C[C@@]1(O)[C@@H]3Cc4ccccc4[C@]1(CCN3)C2. The highest BCUT2D eigenvalue weighted by Crippen LogP contribution is 2.55. The van der Waals surface area contributed by atoms with Crippen LogP contribution < -0.4 is 5.32 Å². The Morgan fingerprint density at radius 2 is 2.07 bits per heavy atom. The first-order valence-corrected chi connectivity index (χ1v) is 10.6. The Balaban J connectivity index is 1.65. The molecular weight excluding hydrogens is 348 g/mol. The maximum absolute atomic E-state index is 12.8. The van der Waals surface area contributed by atoms with Gasteiger partial charge in [-0.25, -0.2) is 0 Å². The molecule has 1 aromatic carbocycles. The van der Waals surface area contributed by atoms with E-state index in [2.05, 4.69) is 48.4 Å². The predicted molar refractivity (Wildman–Crippen MR) is 110 cm³/mol. The van der Waals surface area contributed by atoms with Crippen LogP contribution in [-0.4, -0.2) is 34.1 Å². The van der Waals surface area contributed by atoms with Gasteiger partial charge < -0.3 is 15.4 Å². The number of fused-ring (bicyclic) bond motifs is 2. The summed E-state index contributed by atoms with van der Waals surface area (Å²) in [6.45, 7) is 7.13. The molecule has 4 heteroatoms. The molecule has 1 fully saturated rings. The van der Waals surface area contributed by atoms with E-state index in [0.717, 1.165) is 42.8 Å². The summed E-state index contributed by atoms with van der Waals surface area (Å²) in [7, 11) is 0. The average Bonchev–Trinajstić information content (AvgIpc) is 2.94. The van der Waals surface area contributed by atoms with Crippen LogP contribution >= 0.6 is 0 Å². The molecule has 2 heterocycles. The van der Waals surface area contributed by atoms with Gasteiger partial charge in [-0.1, -0.05) is 38.1 Å². The second-order valence-corrected chi connectivity index (χ2v) is 9.58. The number of aromatic amines is 1. The van der Waals surface area contributed by atoms with Crippen molar-refractivity contribution < 1.29 is 9.90 Å². The largest absolute Gasteiger partial charge is 0.387 e. The number of aliphatic hydroxyl groups is 1. The van der Waals surface area contributed by atoms with Crippen molar-refractivity contribution in [2.45, 2.75) is 69.9 Å². The molecule has 1 aromatic heterocycles. The zero-order chi connectivity index (χ0) is 19.7. The Morgan fingerprint density at radius 1 is 1.29 bits per heavy atom. The first kappa shape index (κ1) is 18.1. The lowest BCUT2D eigenvalue weighted by molar-refractivity contribution is -0.106. The van der Waals surface area contributed by atoms with Gasteiger partial charge in [0.1, 0.15) is 0 Å². The Bertz CT molecular complexity index is 960. The highest BCUT2D eigenvalue weighted by Gasteiger charge is 2.62. The van der Waals surface area contributed by atoms with Gasteiger partial charge in [0.25, 0.3) is 0 Å². The van der Waals surface area contributed by atoms with Gasteiger partial charge in [-0.2, -0.15) is 0 Å². The summed E-state index contributed by atoms with van der Waals surface area (Å²) < 4.78 is 0. The standard InChI is InChI=1S/C24H30N2O2/c1-14(2)10-20(27)22-15(3)17-12-24(28)21-11-16-6-4-5-7-18(16)23(24,8-9-25-21)13-19(17)26-22/h4-7,14,21,25-26,28H,8-13H2,1-3H3/t21-,23-,24+/m0/s1. The van der Waals surface area contributed by atoms with Gasteiger partial charge in [0.2, 0.25) is 0 Å². The summed E-state index contributed by atoms with van der Waals surface area (Å²) in [6, 6.07) is 8.69. The molecule has 2 aromatic rings. The number of carbonyl (C=O) groups is 1. The van der Waals surface area contributed by atoms with Gasteiger partial charge in [0.05, 0.1) is 11.3 Å². The Labute approximate surface area is 166 Å². The van der Waals surface area contributed by atoms with Gasteiger partial charge in [-0.05, 0) is 54.5 Å². The smallest absolute Gasteiger partial charge is 0.179 e. The number of H-pyrrole nitrogens is 1. The number of benzene rings is 1. The molecule has 3 N–H and O–H groups in total. The molecule has 4 nitrogen and oxygen atoms in total. The fourth-order valence-corrected chi connectivity index (χ4v) is 6.21. The van der Waals surface area contributed by atoms with Crippen molar-refractivity contribution in [3.05, 3.63) is 57.9 Å². The van der Waals surface area contributed by atoms with Crippen LogP contribution in [0, 0.1) is 12.8 Å². The summed E-state index contributed by atoms with van der Waals surface area (Å²) in [4.78, 5) is 16.3. The summed E-state index contributed by atoms with van der Waals surface area (Å²) in [5.74, 6) is 0.531. The Morgan fingerprint density at radius 3 is 2.86 bits per heavy atom. The summed E-state index contributed by atoms with van der Waals surface area (Å²) in [6.07, 6.45) is 3.74. The minimum atomic E-state index is -0.808. The molecule has 0 amide bonds. The lowest BCUT2D eigenvalue weighted by Crippen LogP contribution is -2.73. The topological polar surface area (TPSA) is 65.1 Å². The molecule has 5 rings (SSSR count). The molecule has 0 spiro atoms. The predicted octanol–water partition coefficient (Wildman–Crippen LogP) is 3.24. The van der Waals surface area contributed by atoms with E-state index in [4.69, 9.17) is 0 Å². The number of carbonyl (C=O) groups excluding carboxylic acids is 1. The molecule has 3 atom stereocenters. The van der Waals surface area contributed by atoms with E-state index in [9.17, 15) is 9.90 Å². The van der Waals surface area contributed by atoms with Crippen molar-refractivity contribution in [3.63, 3.8) is 0 Å². The molecule has 148 valence electrons. The van der Waals surface area contributed by atoms with E-state index < -0.39 is 5.60 Å². The van der Waals surface area contributed by atoms with E-state index in [1.807, 2.05) is 6.92 Å². The lowest BCUT2D eigenvalue weighted by Gasteiger charge is -2.60. The van der Waals surface area contributed by atoms with Crippen LogP contribution in [0.4, 0.5) is 0 Å². The zero-order valence-corrected chi connectivity index (χ0v) is 17.1. The molecule has 0 saturated carbocycles. The maximum atomic E-state index is 12.8. The number of nitrogens with one attached hydrogen (secondary N) is 2. The second-order valence-electron chi connectivity index (χ2n) is 9.58. The third kappa shape index (κ3) is 2.28. The molecule has 2 aliphatic carbocycles. The normalized spacial score (nSPS) is 30.5. The molecule has 2 bridgehead atoms. The molecule has 0 radical (unpaired) electrons. The van der Waals surface area contributed by atoms with Crippen LogP contribution in [-0.2, 0) is 24.7 Å². The molecule has 28 heavy (non-hydrogen) atoms. The van der Waals surface area contributed by atoms with Crippen molar-refractivity contribution in [2.75, 3.05) is 6.54 Å². The third-order valence-corrected chi connectivity index (χ3v) is 7.57. The maximum Gasteiger partial charge on any atom is 0.179 e. The van der Waals surface area contributed by atoms with Crippen LogP contribution in [0.5, 0.6) is 0 Å². The van der Waals surface area contributed by atoms with Crippen LogP contribution in [0.1, 0.15) is 65.1 Å². The number of hydrogen-bond acceptors (Lipinski definition) is 3. The molecule has 1 saturated heterocycles. The minimum Gasteiger partial charge on any atom is -0.387 e. The number of piperidine rings is 1. The zero-order valence-electron chi connectivity index (χ0n) is 17.1. The summed E-state index contributed by atoms with van der Waals surface area (Å²) in [5, 5.41) is 15.7. The first-order chi connectivity index (χ1) is 13.4. The van der Waals surface area contributed by atoms with Gasteiger partial charge in [0, 0.05) is 36.4 Å².